The number of aromatic nitrogens is 1. The zero-order chi connectivity index (χ0) is 13.0. The zero-order valence-electron chi connectivity index (χ0n) is 9.05. The van der Waals surface area contributed by atoms with Gasteiger partial charge in [0, 0.05) is 28.7 Å². The van der Waals surface area contributed by atoms with Crippen LogP contribution in [0.4, 0.5) is 5.69 Å². The largest absolute Gasteiger partial charge is 0.361 e. The molecule has 1 aromatic carbocycles. The molecule has 0 aliphatic heterocycles. The SMILES string of the molecule is [N-]=[N+]=NCc1cc(-c2cccc([N+](=O)[O-])c2)no1. The van der Waals surface area contributed by atoms with E-state index in [0.29, 0.717) is 17.0 Å². The lowest BCUT2D eigenvalue weighted by molar-refractivity contribution is -0.384. The average Bonchev–Trinajstić information content (AvgIpc) is 2.85. The molecule has 0 saturated carbocycles. The van der Waals surface area contributed by atoms with E-state index in [1.165, 1.54) is 12.1 Å². The summed E-state index contributed by atoms with van der Waals surface area (Å²) >= 11 is 0. The summed E-state index contributed by atoms with van der Waals surface area (Å²) in [5, 5.41) is 17.7. The van der Waals surface area contributed by atoms with Crippen molar-refractivity contribution >= 4 is 5.69 Å². The van der Waals surface area contributed by atoms with Gasteiger partial charge in [-0.1, -0.05) is 22.4 Å². The number of hydrogen-bond acceptors (Lipinski definition) is 5. The van der Waals surface area contributed by atoms with Crippen molar-refractivity contribution in [1.82, 2.24) is 5.16 Å². The quantitative estimate of drug-likeness (QED) is 0.270. The Morgan fingerprint density at radius 2 is 2.33 bits per heavy atom. The van der Waals surface area contributed by atoms with Gasteiger partial charge in [-0.25, -0.2) is 0 Å². The molecule has 8 heteroatoms. The molecule has 2 aromatic rings. The van der Waals surface area contributed by atoms with Crippen LogP contribution in [-0.2, 0) is 6.54 Å². The van der Waals surface area contributed by atoms with Crippen LogP contribution in [0, 0.1) is 10.1 Å². The first-order valence-corrected chi connectivity index (χ1v) is 4.92. The van der Waals surface area contributed by atoms with E-state index in [1.54, 1.807) is 18.2 Å². The molecule has 0 N–H and O–H groups in total. The number of nitro groups is 1. The predicted molar refractivity (Wildman–Crippen MR) is 61.4 cm³/mol. The van der Waals surface area contributed by atoms with Gasteiger partial charge >= 0.3 is 0 Å². The highest BCUT2D eigenvalue weighted by Crippen LogP contribution is 2.23. The Bertz CT molecular complexity index is 630. The van der Waals surface area contributed by atoms with E-state index < -0.39 is 4.92 Å². The molecular formula is C10H7N5O3. The summed E-state index contributed by atoms with van der Waals surface area (Å²) in [6, 6.07) is 7.62. The van der Waals surface area contributed by atoms with E-state index in [2.05, 4.69) is 15.2 Å². The van der Waals surface area contributed by atoms with Gasteiger partial charge in [0.25, 0.3) is 5.69 Å². The minimum absolute atomic E-state index is 0.0212. The van der Waals surface area contributed by atoms with Gasteiger partial charge in [0.05, 0.1) is 11.5 Å². The maximum atomic E-state index is 10.6. The number of hydrogen-bond donors (Lipinski definition) is 0. The standard InChI is InChI=1S/C10H7N5O3/c11-14-12-6-9-5-10(13-18-9)7-2-1-3-8(4-7)15(16)17/h1-5H,6H2. The minimum atomic E-state index is -0.482. The van der Waals surface area contributed by atoms with Crippen LogP contribution in [0.1, 0.15) is 5.76 Å². The maximum Gasteiger partial charge on any atom is 0.270 e. The van der Waals surface area contributed by atoms with Crippen molar-refractivity contribution in [2.24, 2.45) is 5.11 Å². The number of azide groups is 1. The van der Waals surface area contributed by atoms with Crippen LogP contribution in [0.3, 0.4) is 0 Å². The van der Waals surface area contributed by atoms with Crippen molar-refractivity contribution in [3.05, 3.63) is 56.6 Å². The smallest absolute Gasteiger partial charge is 0.270 e. The Kier molecular flexibility index (Phi) is 3.22. The van der Waals surface area contributed by atoms with Crippen LogP contribution in [0.2, 0.25) is 0 Å². The van der Waals surface area contributed by atoms with Crippen LogP contribution in [-0.4, -0.2) is 10.1 Å². The third-order valence-electron chi connectivity index (χ3n) is 2.20. The van der Waals surface area contributed by atoms with Gasteiger partial charge in [-0.3, -0.25) is 10.1 Å². The molecule has 0 saturated heterocycles. The molecule has 1 heterocycles. The summed E-state index contributed by atoms with van der Waals surface area (Å²) in [5.74, 6) is 0.398. The summed E-state index contributed by atoms with van der Waals surface area (Å²) in [7, 11) is 0. The minimum Gasteiger partial charge on any atom is -0.361 e. The molecule has 2 rings (SSSR count). The lowest BCUT2D eigenvalue weighted by Gasteiger charge is -1.94. The Balaban J connectivity index is 2.30. The van der Waals surface area contributed by atoms with E-state index in [4.69, 9.17) is 10.1 Å². The molecule has 0 aliphatic rings. The zero-order valence-corrected chi connectivity index (χ0v) is 9.05. The third-order valence-corrected chi connectivity index (χ3v) is 2.20. The molecule has 1 aromatic heterocycles. The first-order chi connectivity index (χ1) is 8.70. The number of nitrogens with zero attached hydrogens (tertiary/aromatic N) is 5. The van der Waals surface area contributed by atoms with E-state index in [1.807, 2.05) is 0 Å². The molecule has 18 heavy (non-hydrogen) atoms. The van der Waals surface area contributed by atoms with E-state index in [9.17, 15) is 10.1 Å². The van der Waals surface area contributed by atoms with Crippen LogP contribution in [0.15, 0.2) is 40.0 Å². The van der Waals surface area contributed by atoms with E-state index in [-0.39, 0.29) is 12.2 Å². The predicted octanol–water partition coefficient (Wildman–Crippen LogP) is 3.06. The fraction of sp³-hybridized carbons (Fsp3) is 0.100. The van der Waals surface area contributed by atoms with Crippen molar-refractivity contribution in [3.8, 4) is 11.3 Å². The second-order valence-corrected chi connectivity index (χ2v) is 3.37. The van der Waals surface area contributed by atoms with Gasteiger partial charge in [0.15, 0.2) is 0 Å². The molecular weight excluding hydrogens is 238 g/mol. The van der Waals surface area contributed by atoms with Gasteiger partial charge in [-0.05, 0) is 5.53 Å². The third kappa shape index (κ3) is 2.45. The van der Waals surface area contributed by atoms with Crippen LogP contribution < -0.4 is 0 Å². The maximum absolute atomic E-state index is 10.6. The van der Waals surface area contributed by atoms with E-state index >= 15 is 0 Å². The number of rotatable bonds is 4. The molecule has 90 valence electrons. The molecule has 8 nitrogen and oxygen atoms in total. The highest BCUT2D eigenvalue weighted by Gasteiger charge is 2.10. The van der Waals surface area contributed by atoms with Crippen LogP contribution in [0.25, 0.3) is 21.7 Å². The molecule has 0 bridgehead atoms. The fourth-order valence-electron chi connectivity index (χ4n) is 1.40. The molecule has 0 fully saturated rings. The average molecular weight is 245 g/mol. The second kappa shape index (κ2) is 4.98. The lowest BCUT2D eigenvalue weighted by atomic mass is 10.1. The van der Waals surface area contributed by atoms with Gasteiger partial charge in [0.2, 0.25) is 0 Å². The number of nitro benzene ring substituents is 1. The van der Waals surface area contributed by atoms with Crippen molar-refractivity contribution in [1.29, 1.82) is 0 Å². The Labute approximate surface area is 101 Å². The summed E-state index contributed by atoms with van der Waals surface area (Å²) in [5.41, 5.74) is 9.18. The Hall–Kier alpha value is -2.86. The first-order valence-electron chi connectivity index (χ1n) is 4.92. The summed E-state index contributed by atoms with van der Waals surface area (Å²) < 4.78 is 4.94. The van der Waals surface area contributed by atoms with Crippen LogP contribution in [0.5, 0.6) is 0 Å². The molecule has 0 spiro atoms. The van der Waals surface area contributed by atoms with Crippen molar-refractivity contribution < 1.29 is 9.45 Å². The highest BCUT2D eigenvalue weighted by molar-refractivity contribution is 5.62. The van der Waals surface area contributed by atoms with Gasteiger partial charge in [-0.15, -0.1) is 0 Å². The Morgan fingerprint density at radius 3 is 3.06 bits per heavy atom. The summed E-state index contributed by atoms with van der Waals surface area (Å²) in [6.45, 7) is 0.0540. The monoisotopic (exact) mass is 245 g/mol. The highest BCUT2D eigenvalue weighted by atomic mass is 16.6. The lowest BCUT2D eigenvalue weighted by Crippen LogP contribution is -1.87. The summed E-state index contributed by atoms with van der Waals surface area (Å²) in [4.78, 5) is 12.8. The van der Waals surface area contributed by atoms with Crippen molar-refractivity contribution in [2.75, 3.05) is 0 Å². The topological polar surface area (TPSA) is 118 Å². The van der Waals surface area contributed by atoms with Crippen molar-refractivity contribution in [3.63, 3.8) is 0 Å². The number of benzene rings is 1. The van der Waals surface area contributed by atoms with E-state index in [0.717, 1.165) is 0 Å². The molecule has 0 radical (unpaired) electrons. The summed E-state index contributed by atoms with van der Waals surface area (Å²) in [6.07, 6.45) is 0. The fourth-order valence-corrected chi connectivity index (χ4v) is 1.40. The van der Waals surface area contributed by atoms with Gasteiger partial charge in [0.1, 0.15) is 11.5 Å². The van der Waals surface area contributed by atoms with Crippen molar-refractivity contribution in [2.45, 2.75) is 6.54 Å². The molecule has 0 atom stereocenters. The second-order valence-electron chi connectivity index (χ2n) is 3.37. The van der Waals surface area contributed by atoms with Gasteiger partial charge < -0.3 is 4.52 Å². The first kappa shape index (κ1) is 11.6. The normalized spacial score (nSPS) is 9.78. The molecule has 0 aliphatic carbocycles. The molecule has 0 amide bonds. The number of non-ortho nitro benzene ring substituents is 1. The Morgan fingerprint density at radius 1 is 1.50 bits per heavy atom. The molecule has 0 unspecified atom stereocenters. The van der Waals surface area contributed by atoms with Gasteiger partial charge in [-0.2, -0.15) is 0 Å². The van der Waals surface area contributed by atoms with Crippen LogP contribution >= 0.6 is 0 Å².